The number of halogens is 4. The number of pyridine rings is 1. The summed E-state index contributed by atoms with van der Waals surface area (Å²) in [5, 5.41) is 10.3. The average molecular weight is 317 g/mol. The number of hydrogen-bond donors (Lipinski definition) is 1. The highest BCUT2D eigenvalue weighted by Crippen LogP contribution is 2.31. The van der Waals surface area contributed by atoms with Crippen LogP contribution in [0.1, 0.15) is 5.56 Å². The zero-order valence-corrected chi connectivity index (χ0v) is 9.46. The van der Waals surface area contributed by atoms with Crippen LogP contribution in [0.25, 0.3) is 0 Å². The molecule has 0 aromatic carbocycles. The van der Waals surface area contributed by atoms with E-state index >= 15 is 0 Å². The lowest BCUT2D eigenvalue weighted by Gasteiger charge is -2.11. The molecule has 0 aliphatic carbocycles. The van der Waals surface area contributed by atoms with E-state index in [1.807, 2.05) is 4.98 Å². The molecule has 0 atom stereocenters. The number of ether oxygens (including phenoxy) is 1. The van der Waals surface area contributed by atoms with E-state index in [1.165, 1.54) is 0 Å². The highest BCUT2D eigenvalue weighted by molar-refractivity contribution is 9.08. The van der Waals surface area contributed by atoms with Crippen molar-refractivity contribution in [2.75, 3.05) is 0 Å². The molecule has 1 rings (SSSR count). The molecule has 1 aromatic rings. The van der Waals surface area contributed by atoms with Gasteiger partial charge in [-0.15, -0.1) is 13.2 Å². The van der Waals surface area contributed by atoms with Crippen LogP contribution in [0, 0.1) is 10.1 Å². The lowest BCUT2D eigenvalue weighted by molar-refractivity contribution is -0.390. The number of rotatable bonds is 3. The standard InChI is InChI=1S/C7H4BrF3N2O4/c8-2-3-4(17-7(9,10)11)1-5(14)12-6(3)13(15)16/h1H,2H2,(H,12,14). The summed E-state index contributed by atoms with van der Waals surface area (Å²) in [4.78, 5) is 22.3. The first-order chi connectivity index (χ1) is 7.74. The molecule has 0 radical (unpaired) electrons. The van der Waals surface area contributed by atoms with E-state index in [1.54, 1.807) is 0 Å². The molecular weight excluding hydrogens is 313 g/mol. The lowest BCUT2D eigenvalue weighted by Crippen LogP contribution is -2.21. The Morgan fingerprint density at radius 3 is 2.53 bits per heavy atom. The highest BCUT2D eigenvalue weighted by Gasteiger charge is 2.34. The third-order valence-electron chi connectivity index (χ3n) is 1.63. The quantitative estimate of drug-likeness (QED) is 0.525. The molecular formula is C7H4BrF3N2O4. The fourth-order valence-corrected chi connectivity index (χ4v) is 1.59. The fourth-order valence-electron chi connectivity index (χ4n) is 1.05. The number of aromatic nitrogens is 1. The largest absolute Gasteiger partial charge is 0.573 e. The third-order valence-corrected chi connectivity index (χ3v) is 2.19. The molecule has 1 aromatic heterocycles. The summed E-state index contributed by atoms with van der Waals surface area (Å²) in [7, 11) is 0. The summed E-state index contributed by atoms with van der Waals surface area (Å²) < 4.78 is 39.5. The van der Waals surface area contributed by atoms with Crippen LogP contribution >= 0.6 is 15.9 Å². The molecule has 0 saturated carbocycles. The van der Waals surface area contributed by atoms with Crippen molar-refractivity contribution >= 4 is 21.7 Å². The van der Waals surface area contributed by atoms with E-state index in [0.717, 1.165) is 0 Å². The zero-order chi connectivity index (χ0) is 13.2. The predicted molar refractivity (Wildman–Crippen MR) is 53.0 cm³/mol. The molecule has 0 aliphatic rings. The van der Waals surface area contributed by atoms with Gasteiger partial charge in [0.15, 0.2) is 0 Å². The number of nitrogens with zero attached hydrogens (tertiary/aromatic N) is 1. The minimum absolute atomic E-state index is 0.272. The molecule has 94 valence electrons. The van der Waals surface area contributed by atoms with Crippen molar-refractivity contribution in [3.8, 4) is 5.75 Å². The minimum atomic E-state index is -5.03. The van der Waals surface area contributed by atoms with Gasteiger partial charge in [0, 0.05) is 5.33 Å². The van der Waals surface area contributed by atoms with Crippen LogP contribution in [-0.4, -0.2) is 16.3 Å². The Bertz CT molecular complexity index is 499. The number of alkyl halides is 4. The van der Waals surface area contributed by atoms with Gasteiger partial charge in [-0.2, -0.15) is 0 Å². The molecule has 10 heteroatoms. The van der Waals surface area contributed by atoms with Crippen LogP contribution < -0.4 is 10.3 Å². The Morgan fingerprint density at radius 2 is 2.12 bits per heavy atom. The molecule has 0 spiro atoms. The van der Waals surface area contributed by atoms with Crippen LogP contribution in [0.4, 0.5) is 19.0 Å². The Labute approximate surface area is 99.7 Å². The normalized spacial score (nSPS) is 11.3. The van der Waals surface area contributed by atoms with Gasteiger partial charge in [-0.3, -0.25) is 0 Å². The monoisotopic (exact) mass is 316 g/mol. The van der Waals surface area contributed by atoms with Crippen LogP contribution in [0.2, 0.25) is 0 Å². The van der Waals surface area contributed by atoms with Gasteiger partial charge in [-0.25, -0.2) is 9.78 Å². The molecule has 0 unspecified atom stereocenters. The Balaban J connectivity index is 3.38. The van der Waals surface area contributed by atoms with Crippen molar-refractivity contribution in [3.05, 3.63) is 32.1 Å². The topological polar surface area (TPSA) is 85.2 Å². The second-order valence-corrected chi connectivity index (χ2v) is 3.32. The minimum Gasteiger partial charge on any atom is -0.405 e. The number of nitro groups is 1. The first-order valence-electron chi connectivity index (χ1n) is 3.97. The lowest BCUT2D eigenvalue weighted by atomic mass is 10.2. The van der Waals surface area contributed by atoms with Crippen molar-refractivity contribution < 1.29 is 22.8 Å². The van der Waals surface area contributed by atoms with E-state index in [2.05, 4.69) is 20.7 Å². The van der Waals surface area contributed by atoms with Crippen molar-refractivity contribution in [2.45, 2.75) is 11.7 Å². The first kappa shape index (κ1) is 13.5. The highest BCUT2D eigenvalue weighted by atomic mass is 79.9. The van der Waals surface area contributed by atoms with E-state index in [0.29, 0.717) is 6.07 Å². The van der Waals surface area contributed by atoms with Crippen LogP contribution in [0.15, 0.2) is 10.9 Å². The third kappa shape index (κ3) is 3.44. The number of H-pyrrole nitrogens is 1. The Morgan fingerprint density at radius 1 is 1.53 bits per heavy atom. The second-order valence-electron chi connectivity index (χ2n) is 2.76. The summed E-state index contributed by atoms with van der Waals surface area (Å²) in [5.41, 5.74) is -1.45. The van der Waals surface area contributed by atoms with Gasteiger partial charge < -0.3 is 14.9 Å². The van der Waals surface area contributed by atoms with Gasteiger partial charge in [0.05, 0.1) is 11.6 Å². The van der Waals surface area contributed by atoms with Crippen molar-refractivity contribution in [1.29, 1.82) is 0 Å². The SMILES string of the molecule is O=c1cc(OC(F)(F)F)c(CBr)c([N+](=O)[O-])[nH]1. The maximum absolute atomic E-state index is 12.0. The first-order valence-corrected chi connectivity index (χ1v) is 5.09. The maximum Gasteiger partial charge on any atom is 0.573 e. The van der Waals surface area contributed by atoms with E-state index in [9.17, 15) is 28.1 Å². The van der Waals surface area contributed by atoms with Gasteiger partial charge in [0.2, 0.25) is 0 Å². The van der Waals surface area contributed by atoms with Gasteiger partial charge in [-0.05, 0) is 4.92 Å². The summed E-state index contributed by atoms with van der Waals surface area (Å²) >= 11 is 2.79. The molecule has 1 heterocycles. The Hall–Kier alpha value is -1.58. The summed E-state index contributed by atoms with van der Waals surface area (Å²) in [6, 6.07) is 0.497. The number of aromatic amines is 1. The molecule has 0 fully saturated rings. The molecule has 6 nitrogen and oxygen atoms in total. The van der Waals surface area contributed by atoms with Crippen LogP contribution in [-0.2, 0) is 5.33 Å². The molecule has 0 amide bonds. The summed E-state index contributed by atoms with van der Waals surface area (Å²) in [6.45, 7) is 0. The van der Waals surface area contributed by atoms with Crippen LogP contribution in [0.3, 0.4) is 0 Å². The summed E-state index contributed by atoms with van der Waals surface area (Å²) in [5.74, 6) is -1.74. The zero-order valence-electron chi connectivity index (χ0n) is 7.88. The Kier molecular flexibility index (Phi) is 3.76. The smallest absolute Gasteiger partial charge is 0.405 e. The number of hydrogen-bond acceptors (Lipinski definition) is 4. The van der Waals surface area contributed by atoms with Gasteiger partial charge in [-0.1, -0.05) is 15.9 Å². The van der Waals surface area contributed by atoms with E-state index in [-0.39, 0.29) is 5.33 Å². The second kappa shape index (κ2) is 4.73. The molecule has 0 bridgehead atoms. The van der Waals surface area contributed by atoms with Gasteiger partial charge in [0.1, 0.15) is 5.75 Å². The maximum atomic E-state index is 12.0. The average Bonchev–Trinajstić information content (AvgIpc) is 2.14. The molecule has 1 N–H and O–H groups in total. The van der Waals surface area contributed by atoms with Crippen molar-refractivity contribution in [2.24, 2.45) is 0 Å². The fraction of sp³-hybridized carbons (Fsp3) is 0.286. The van der Waals surface area contributed by atoms with Crippen molar-refractivity contribution in [1.82, 2.24) is 4.98 Å². The molecule has 17 heavy (non-hydrogen) atoms. The van der Waals surface area contributed by atoms with Crippen molar-refractivity contribution in [3.63, 3.8) is 0 Å². The number of nitrogens with one attached hydrogen (secondary N) is 1. The van der Waals surface area contributed by atoms with E-state index < -0.39 is 34.0 Å². The summed E-state index contributed by atoms with van der Waals surface area (Å²) in [6.07, 6.45) is -5.03. The predicted octanol–water partition coefficient (Wildman–Crippen LogP) is 2.08. The molecule has 0 aliphatic heterocycles. The van der Waals surface area contributed by atoms with Gasteiger partial charge >= 0.3 is 17.7 Å². The molecule has 0 saturated heterocycles. The van der Waals surface area contributed by atoms with Gasteiger partial charge in [0.25, 0.3) is 0 Å². The van der Waals surface area contributed by atoms with Crippen LogP contribution in [0.5, 0.6) is 5.75 Å². The van der Waals surface area contributed by atoms with E-state index in [4.69, 9.17) is 0 Å².